The van der Waals surface area contributed by atoms with Gasteiger partial charge < -0.3 is 10.6 Å². The number of nitrogens with zero attached hydrogens (tertiary/aromatic N) is 2. The van der Waals surface area contributed by atoms with Crippen molar-refractivity contribution in [3.63, 3.8) is 0 Å². The highest BCUT2D eigenvalue weighted by Gasteiger charge is 2.04. The van der Waals surface area contributed by atoms with Gasteiger partial charge in [0.1, 0.15) is 0 Å². The van der Waals surface area contributed by atoms with E-state index in [1.54, 1.807) is 0 Å². The van der Waals surface area contributed by atoms with Crippen LogP contribution in [0.1, 0.15) is 30.9 Å². The molecule has 0 aliphatic carbocycles. The van der Waals surface area contributed by atoms with Crippen molar-refractivity contribution in [1.82, 2.24) is 9.78 Å². The van der Waals surface area contributed by atoms with Crippen molar-refractivity contribution >= 4 is 40.4 Å². The largest absolute Gasteiger partial charge is 0.332 e. The molecular weight excluding hydrogens is 364 g/mol. The molecule has 0 fully saturated rings. The normalized spacial score (nSPS) is 10.8. The lowest BCUT2D eigenvalue weighted by molar-refractivity contribution is 0.690. The average Bonchev–Trinajstić information content (AvgIpc) is 3.04. The minimum Gasteiger partial charge on any atom is -0.332 e. The van der Waals surface area contributed by atoms with Crippen LogP contribution in [0.4, 0.5) is 11.5 Å². The fourth-order valence-corrected chi connectivity index (χ4v) is 2.87. The summed E-state index contributed by atoms with van der Waals surface area (Å²) >= 11 is 11.3. The number of hydrogen-bond acceptors (Lipinski definition) is 2. The number of rotatable bonds is 5. The van der Waals surface area contributed by atoms with Crippen LogP contribution in [-0.4, -0.2) is 14.9 Å². The molecule has 0 aliphatic rings. The van der Waals surface area contributed by atoms with E-state index in [0.717, 1.165) is 16.3 Å². The first-order chi connectivity index (χ1) is 12.5. The van der Waals surface area contributed by atoms with Crippen LogP contribution in [0, 0.1) is 0 Å². The summed E-state index contributed by atoms with van der Waals surface area (Å²) in [7, 11) is 0. The van der Waals surface area contributed by atoms with Crippen LogP contribution in [0.15, 0.2) is 60.8 Å². The number of hydrogen-bond donors (Lipinski definition) is 2. The summed E-state index contributed by atoms with van der Waals surface area (Å²) in [5.41, 5.74) is 3.39. The molecule has 1 heterocycles. The zero-order valence-electron chi connectivity index (χ0n) is 14.7. The molecule has 0 atom stereocenters. The Morgan fingerprint density at radius 3 is 2.38 bits per heavy atom. The lowest BCUT2D eigenvalue weighted by Crippen LogP contribution is -2.19. The van der Waals surface area contributed by atoms with Gasteiger partial charge in [0.15, 0.2) is 10.9 Å². The Balaban J connectivity index is 1.56. The summed E-state index contributed by atoms with van der Waals surface area (Å²) < 4.78 is 1.85. The highest BCUT2D eigenvalue weighted by Crippen LogP contribution is 2.17. The second-order valence-electron chi connectivity index (χ2n) is 6.38. The van der Waals surface area contributed by atoms with E-state index in [0.29, 0.717) is 23.4 Å². The van der Waals surface area contributed by atoms with Crippen LogP contribution in [0.5, 0.6) is 0 Å². The number of thiocarbonyl (C=S) groups is 1. The SMILES string of the molecule is CC(C)c1ccc(NC(=S)Nc2ccn(Cc3ccc(Cl)cc3)n2)cc1. The second kappa shape index (κ2) is 8.34. The van der Waals surface area contributed by atoms with Crippen molar-refractivity contribution in [2.24, 2.45) is 0 Å². The third-order valence-corrected chi connectivity index (χ3v) is 4.43. The number of aromatic nitrogens is 2. The molecule has 2 aromatic carbocycles. The minimum atomic E-state index is 0.513. The third-order valence-electron chi connectivity index (χ3n) is 3.98. The molecule has 0 bridgehead atoms. The zero-order valence-corrected chi connectivity index (χ0v) is 16.3. The van der Waals surface area contributed by atoms with Crippen LogP contribution in [0.2, 0.25) is 5.02 Å². The van der Waals surface area contributed by atoms with Crippen LogP contribution in [0.3, 0.4) is 0 Å². The fourth-order valence-electron chi connectivity index (χ4n) is 2.52. The molecule has 1 aromatic heterocycles. The van der Waals surface area contributed by atoms with E-state index in [1.807, 2.05) is 53.3 Å². The number of nitrogens with one attached hydrogen (secondary N) is 2. The van der Waals surface area contributed by atoms with Gasteiger partial charge in [0.05, 0.1) is 6.54 Å². The highest BCUT2D eigenvalue weighted by molar-refractivity contribution is 7.80. The molecule has 6 heteroatoms. The van der Waals surface area contributed by atoms with Gasteiger partial charge in [0.25, 0.3) is 0 Å². The summed E-state index contributed by atoms with van der Waals surface area (Å²) in [4.78, 5) is 0. The van der Waals surface area contributed by atoms with Crippen molar-refractivity contribution in [2.45, 2.75) is 26.3 Å². The Morgan fingerprint density at radius 1 is 1.04 bits per heavy atom. The first-order valence-corrected chi connectivity index (χ1v) is 9.24. The maximum Gasteiger partial charge on any atom is 0.176 e. The smallest absolute Gasteiger partial charge is 0.176 e. The van der Waals surface area contributed by atoms with E-state index in [9.17, 15) is 0 Å². The van der Waals surface area contributed by atoms with E-state index in [2.05, 4.69) is 41.7 Å². The summed E-state index contributed by atoms with van der Waals surface area (Å²) in [5.74, 6) is 1.22. The molecule has 4 nitrogen and oxygen atoms in total. The average molecular weight is 385 g/mol. The molecule has 0 saturated carbocycles. The van der Waals surface area contributed by atoms with Gasteiger partial charge in [-0.25, -0.2) is 0 Å². The standard InChI is InChI=1S/C20H21ClN4S/c1-14(2)16-5-9-18(10-6-16)22-20(26)23-19-11-12-25(24-19)13-15-3-7-17(21)8-4-15/h3-12,14H,13H2,1-2H3,(H2,22,23,24,26). The predicted octanol–water partition coefficient (Wildman–Crippen LogP) is 5.52. The van der Waals surface area contributed by atoms with E-state index < -0.39 is 0 Å². The van der Waals surface area contributed by atoms with Gasteiger partial charge in [-0.3, -0.25) is 4.68 Å². The molecule has 0 aliphatic heterocycles. The molecule has 134 valence electrons. The van der Waals surface area contributed by atoms with E-state index in [-0.39, 0.29) is 0 Å². The maximum atomic E-state index is 5.91. The maximum absolute atomic E-state index is 5.91. The summed E-state index contributed by atoms with van der Waals surface area (Å²) in [6, 6.07) is 17.9. The van der Waals surface area contributed by atoms with E-state index >= 15 is 0 Å². The molecule has 3 aromatic rings. The van der Waals surface area contributed by atoms with Crippen LogP contribution in [-0.2, 0) is 6.54 Å². The molecule has 26 heavy (non-hydrogen) atoms. The Kier molecular flexibility index (Phi) is 5.91. The van der Waals surface area contributed by atoms with Crippen molar-refractivity contribution in [1.29, 1.82) is 0 Å². The monoisotopic (exact) mass is 384 g/mol. The lowest BCUT2D eigenvalue weighted by atomic mass is 10.0. The quantitative estimate of drug-likeness (QED) is 0.568. The lowest BCUT2D eigenvalue weighted by Gasteiger charge is -2.10. The van der Waals surface area contributed by atoms with Gasteiger partial charge in [-0.2, -0.15) is 5.10 Å². The fraction of sp³-hybridized carbons (Fsp3) is 0.200. The number of halogens is 1. The van der Waals surface area contributed by atoms with Crippen molar-refractivity contribution < 1.29 is 0 Å². The van der Waals surface area contributed by atoms with Gasteiger partial charge in [0, 0.05) is 23.0 Å². The van der Waals surface area contributed by atoms with Crippen molar-refractivity contribution in [2.75, 3.05) is 10.6 Å². The number of benzene rings is 2. The second-order valence-corrected chi connectivity index (χ2v) is 7.23. The molecule has 0 unspecified atom stereocenters. The Bertz CT molecular complexity index is 870. The molecule has 0 spiro atoms. The molecule has 3 rings (SSSR count). The van der Waals surface area contributed by atoms with Crippen LogP contribution >= 0.6 is 23.8 Å². The highest BCUT2D eigenvalue weighted by atomic mass is 35.5. The first-order valence-electron chi connectivity index (χ1n) is 8.45. The molecule has 0 saturated heterocycles. The van der Waals surface area contributed by atoms with E-state index in [4.69, 9.17) is 23.8 Å². The van der Waals surface area contributed by atoms with Crippen LogP contribution < -0.4 is 10.6 Å². The van der Waals surface area contributed by atoms with Gasteiger partial charge >= 0.3 is 0 Å². The Morgan fingerprint density at radius 2 is 1.73 bits per heavy atom. The molecule has 2 N–H and O–H groups in total. The summed E-state index contributed by atoms with van der Waals surface area (Å²) in [6.45, 7) is 5.03. The van der Waals surface area contributed by atoms with Crippen molar-refractivity contribution in [3.05, 3.63) is 76.9 Å². The molecule has 0 radical (unpaired) electrons. The topological polar surface area (TPSA) is 41.9 Å². The molecular formula is C20H21ClN4S. The third kappa shape index (κ3) is 5.07. The summed E-state index contributed by atoms with van der Waals surface area (Å²) in [6.07, 6.45) is 1.91. The van der Waals surface area contributed by atoms with Crippen LogP contribution in [0.25, 0.3) is 0 Å². The van der Waals surface area contributed by atoms with Gasteiger partial charge in [-0.1, -0.05) is 49.7 Å². The van der Waals surface area contributed by atoms with E-state index in [1.165, 1.54) is 5.56 Å². The van der Waals surface area contributed by atoms with Crippen molar-refractivity contribution in [3.8, 4) is 0 Å². The van der Waals surface area contributed by atoms with Gasteiger partial charge in [-0.05, 0) is 53.5 Å². The predicted molar refractivity (Wildman–Crippen MR) is 113 cm³/mol. The molecule has 0 amide bonds. The first kappa shape index (κ1) is 18.4. The number of anilines is 2. The summed E-state index contributed by atoms with van der Waals surface area (Å²) in [5, 5.41) is 12.0. The zero-order chi connectivity index (χ0) is 18.5. The Labute approximate surface area is 164 Å². The minimum absolute atomic E-state index is 0.513. The van der Waals surface area contributed by atoms with Gasteiger partial charge in [0.2, 0.25) is 0 Å². The van der Waals surface area contributed by atoms with Gasteiger partial charge in [-0.15, -0.1) is 0 Å². The Hall–Kier alpha value is -2.37.